The Morgan fingerprint density at radius 1 is 1.03 bits per heavy atom. The van der Waals surface area contributed by atoms with Gasteiger partial charge in [-0.15, -0.1) is 0 Å². The number of nitrogens with zero attached hydrogens (tertiary/aromatic N) is 2. The highest BCUT2D eigenvalue weighted by Gasteiger charge is 2.10. The summed E-state index contributed by atoms with van der Waals surface area (Å²) >= 11 is 6.47. The minimum atomic E-state index is -0.315. The third-order valence-corrected chi connectivity index (χ3v) is 4.88. The second-order valence-electron chi connectivity index (χ2n) is 7.29. The molecule has 4 aromatic rings. The standard InChI is InChI=1S/C26H21ClN4O2/c1-17(28-18(2)32)12-15-25-30-23-11-7-6-10-21(23)26(31-25)29-19-13-14-24(22(27)16-19)33-20-8-4-3-5-9-20/h3-11,13-14,16-17H,1-2H3,(H,28,32)(H,29,30,31). The van der Waals surface area contributed by atoms with Crippen molar-refractivity contribution in [1.82, 2.24) is 15.3 Å². The molecule has 0 aliphatic heterocycles. The maximum Gasteiger partial charge on any atom is 0.217 e. The van der Waals surface area contributed by atoms with Gasteiger partial charge < -0.3 is 15.4 Å². The predicted octanol–water partition coefficient (Wildman–Crippen LogP) is 5.70. The highest BCUT2D eigenvalue weighted by molar-refractivity contribution is 6.32. The molecule has 0 radical (unpaired) electrons. The SMILES string of the molecule is CC(=O)NC(C)C#Cc1nc(Nc2ccc(Oc3ccccc3)c(Cl)c2)c2ccccc2n1. The zero-order valence-corrected chi connectivity index (χ0v) is 18.9. The fourth-order valence-electron chi connectivity index (χ4n) is 3.16. The van der Waals surface area contributed by atoms with E-state index < -0.39 is 0 Å². The molecule has 0 fully saturated rings. The number of hydrogen-bond donors (Lipinski definition) is 2. The molecule has 0 saturated carbocycles. The number of carbonyl (C=O) groups excluding carboxylic acids is 1. The van der Waals surface area contributed by atoms with Gasteiger partial charge in [-0.25, -0.2) is 9.97 Å². The molecule has 1 atom stereocenters. The first-order chi connectivity index (χ1) is 16.0. The fourth-order valence-corrected chi connectivity index (χ4v) is 3.37. The van der Waals surface area contributed by atoms with Crippen molar-refractivity contribution in [1.29, 1.82) is 0 Å². The lowest BCUT2D eigenvalue weighted by Crippen LogP contribution is -2.28. The van der Waals surface area contributed by atoms with Crippen molar-refractivity contribution < 1.29 is 9.53 Å². The number of rotatable bonds is 5. The van der Waals surface area contributed by atoms with E-state index in [9.17, 15) is 4.79 Å². The number of benzene rings is 3. The molecule has 3 aromatic carbocycles. The van der Waals surface area contributed by atoms with Crippen LogP contribution in [-0.4, -0.2) is 21.9 Å². The van der Waals surface area contributed by atoms with Crippen LogP contribution < -0.4 is 15.4 Å². The lowest BCUT2D eigenvalue weighted by atomic mass is 10.2. The smallest absolute Gasteiger partial charge is 0.217 e. The maximum atomic E-state index is 11.2. The normalized spacial score (nSPS) is 11.2. The number of nitrogens with one attached hydrogen (secondary N) is 2. The van der Waals surface area contributed by atoms with Crippen LogP contribution in [-0.2, 0) is 4.79 Å². The predicted molar refractivity (Wildman–Crippen MR) is 131 cm³/mol. The van der Waals surface area contributed by atoms with Gasteiger partial charge in [0.15, 0.2) is 0 Å². The Bertz CT molecular complexity index is 1360. The van der Waals surface area contributed by atoms with E-state index in [1.54, 1.807) is 19.1 Å². The number of fused-ring (bicyclic) bond motifs is 1. The van der Waals surface area contributed by atoms with E-state index in [1.807, 2.05) is 60.7 Å². The highest BCUT2D eigenvalue weighted by Crippen LogP contribution is 2.33. The van der Waals surface area contributed by atoms with Crippen molar-refractivity contribution in [2.45, 2.75) is 19.9 Å². The second-order valence-corrected chi connectivity index (χ2v) is 7.70. The third-order valence-electron chi connectivity index (χ3n) is 4.59. The molecule has 1 aromatic heterocycles. The number of anilines is 2. The number of halogens is 1. The summed E-state index contributed by atoms with van der Waals surface area (Å²) in [6, 6.07) is 22.2. The monoisotopic (exact) mass is 456 g/mol. The number of carbonyl (C=O) groups is 1. The quantitative estimate of drug-likeness (QED) is 0.377. The Balaban J connectivity index is 1.62. The first-order valence-electron chi connectivity index (χ1n) is 10.3. The van der Waals surface area contributed by atoms with Gasteiger partial charge in [0.25, 0.3) is 0 Å². The number of amides is 1. The van der Waals surface area contributed by atoms with Gasteiger partial charge in [-0.2, -0.15) is 0 Å². The first kappa shape index (κ1) is 22.1. The van der Waals surface area contributed by atoms with Crippen molar-refractivity contribution in [3.63, 3.8) is 0 Å². The Morgan fingerprint density at radius 2 is 1.79 bits per heavy atom. The molecular formula is C26H21ClN4O2. The van der Waals surface area contributed by atoms with Crippen molar-refractivity contribution in [2.24, 2.45) is 0 Å². The van der Waals surface area contributed by atoms with E-state index in [0.717, 1.165) is 16.6 Å². The fraction of sp³-hybridized carbons (Fsp3) is 0.115. The summed E-state index contributed by atoms with van der Waals surface area (Å²) in [7, 11) is 0. The molecular weight excluding hydrogens is 436 g/mol. The molecule has 164 valence electrons. The van der Waals surface area contributed by atoms with Crippen LogP contribution >= 0.6 is 11.6 Å². The maximum absolute atomic E-state index is 11.2. The summed E-state index contributed by atoms with van der Waals surface area (Å²) in [6.45, 7) is 3.25. The second kappa shape index (κ2) is 10.0. The summed E-state index contributed by atoms with van der Waals surface area (Å²) in [5, 5.41) is 7.34. The van der Waals surface area contributed by atoms with Gasteiger partial charge in [0.05, 0.1) is 16.6 Å². The Hall–Kier alpha value is -4.08. The molecule has 1 amide bonds. The Labute approximate surface area is 197 Å². The molecule has 1 heterocycles. The molecule has 1 unspecified atom stereocenters. The van der Waals surface area contributed by atoms with Crippen LogP contribution in [0.1, 0.15) is 19.7 Å². The van der Waals surface area contributed by atoms with Crippen molar-refractivity contribution >= 4 is 39.9 Å². The van der Waals surface area contributed by atoms with E-state index in [-0.39, 0.29) is 11.9 Å². The van der Waals surface area contributed by atoms with E-state index in [0.29, 0.717) is 28.2 Å². The van der Waals surface area contributed by atoms with Gasteiger partial charge in [-0.05, 0) is 55.3 Å². The van der Waals surface area contributed by atoms with Gasteiger partial charge in [0.1, 0.15) is 17.3 Å². The van der Waals surface area contributed by atoms with Crippen LogP contribution in [0.25, 0.3) is 10.9 Å². The lowest BCUT2D eigenvalue weighted by molar-refractivity contribution is -0.119. The van der Waals surface area contributed by atoms with Crippen molar-refractivity contribution in [3.05, 3.63) is 83.6 Å². The zero-order valence-electron chi connectivity index (χ0n) is 18.1. The van der Waals surface area contributed by atoms with Crippen LogP contribution in [0.5, 0.6) is 11.5 Å². The van der Waals surface area contributed by atoms with E-state index in [2.05, 4.69) is 32.4 Å². The summed E-state index contributed by atoms with van der Waals surface area (Å²) < 4.78 is 5.85. The van der Waals surface area contributed by atoms with Crippen LogP contribution in [0.4, 0.5) is 11.5 Å². The van der Waals surface area contributed by atoms with Crippen molar-refractivity contribution in [2.75, 3.05) is 5.32 Å². The Morgan fingerprint density at radius 3 is 2.55 bits per heavy atom. The van der Waals surface area contributed by atoms with Gasteiger partial charge in [0.2, 0.25) is 11.7 Å². The molecule has 0 aliphatic rings. The average Bonchev–Trinajstić information content (AvgIpc) is 2.80. The van der Waals surface area contributed by atoms with Gasteiger partial charge in [-0.1, -0.05) is 47.9 Å². The minimum Gasteiger partial charge on any atom is -0.456 e. The van der Waals surface area contributed by atoms with Crippen LogP contribution in [0.15, 0.2) is 72.8 Å². The summed E-state index contributed by atoms with van der Waals surface area (Å²) in [4.78, 5) is 20.3. The topological polar surface area (TPSA) is 76.1 Å². The minimum absolute atomic E-state index is 0.143. The van der Waals surface area contributed by atoms with Crippen LogP contribution in [0.2, 0.25) is 5.02 Å². The molecule has 2 N–H and O–H groups in total. The number of ether oxygens (including phenoxy) is 1. The van der Waals surface area contributed by atoms with Crippen molar-refractivity contribution in [3.8, 4) is 23.3 Å². The lowest BCUT2D eigenvalue weighted by Gasteiger charge is -2.12. The molecule has 33 heavy (non-hydrogen) atoms. The zero-order chi connectivity index (χ0) is 23.2. The molecule has 0 bridgehead atoms. The largest absolute Gasteiger partial charge is 0.456 e. The first-order valence-corrected chi connectivity index (χ1v) is 10.7. The molecule has 0 aliphatic carbocycles. The van der Waals surface area contributed by atoms with Gasteiger partial charge in [-0.3, -0.25) is 4.79 Å². The third kappa shape index (κ3) is 5.79. The average molecular weight is 457 g/mol. The Kier molecular flexibility index (Phi) is 6.72. The van der Waals surface area contributed by atoms with Gasteiger partial charge in [0, 0.05) is 18.0 Å². The summed E-state index contributed by atoms with van der Waals surface area (Å²) in [5.74, 6) is 7.97. The van der Waals surface area contributed by atoms with Crippen LogP contribution in [0.3, 0.4) is 0 Å². The van der Waals surface area contributed by atoms with E-state index >= 15 is 0 Å². The summed E-state index contributed by atoms with van der Waals surface area (Å²) in [5.41, 5.74) is 1.50. The number of hydrogen-bond acceptors (Lipinski definition) is 5. The van der Waals surface area contributed by atoms with Gasteiger partial charge >= 0.3 is 0 Å². The molecule has 0 saturated heterocycles. The van der Waals surface area contributed by atoms with Crippen LogP contribution in [0, 0.1) is 11.8 Å². The van der Waals surface area contributed by atoms with E-state index in [1.165, 1.54) is 6.92 Å². The molecule has 0 spiro atoms. The molecule has 7 heteroatoms. The highest BCUT2D eigenvalue weighted by atomic mass is 35.5. The van der Waals surface area contributed by atoms with E-state index in [4.69, 9.17) is 16.3 Å². The molecule has 6 nitrogen and oxygen atoms in total. The summed E-state index contributed by atoms with van der Waals surface area (Å²) in [6.07, 6.45) is 0. The number of aromatic nitrogens is 2. The molecule has 4 rings (SSSR count). The number of para-hydroxylation sites is 2.